The van der Waals surface area contributed by atoms with E-state index in [1.54, 1.807) is 13.8 Å². The van der Waals surface area contributed by atoms with Crippen molar-refractivity contribution < 1.29 is 30.0 Å². The predicted octanol–water partition coefficient (Wildman–Crippen LogP) is 10.6. The summed E-state index contributed by atoms with van der Waals surface area (Å²) in [6, 6.07) is 62.1. The molecule has 0 unspecified atom stereocenters. The zero-order valence-electron chi connectivity index (χ0n) is 29.7. The van der Waals surface area contributed by atoms with E-state index >= 15 is 0 Å². The zero-order chi connectivity index (χ0) is 35.1. The van der Waals surface area contributed by atoms with Crippen LogP contribution in [-0.4, -0.2) is 11.6 Å². The van der Waals surface area contributed by atoms with E-state index in [2.05, 4.69) is 72.8 Å². The monoisotopic (exact) mass is 762 g/mol. The van der Waals surface area contributed by atoms with Crippen molar-refractivity contribution in [3.8, 4) is 0 Å². The van der Waals surface area contributed by atoms with E-state index in [0.717, 1.165) is 38.5 Å². The van der Waals surface area contributed by atoms with E-state index in [9.17, 15) is 9.59 Å². The third kappa shape index (κ3) is 11.7. The summed E-state index contributed by atoms with van der Waals surface area (Å²) in [5, 5.41) is 0. The standard InChI is InChI=1S/2C24H24O.Pd/c2*1-20(25)24(17-21-11-5-2-6-12-21,18-22-13-7-3-8-14-22)19-23-15-9-4-10-16-23;/h2*2-16H,17-19H2,1H3;. The first-order valence-corrected chi connectivity index (χ1v) is 17.6. The number of Topliss-reactive ketones (excluding diaryl/α,β-unsaturated/α-hetero) is 2. The molecule has 51 heavy (non-hydrogen) atoms. The minimum Gasteiger partial charge on any atom is -0.299 e. The molecule has 0 radical (unpaired) electrons. The molecule has 0 aliphatic heterocycles. The average Bonchev–Trinajstić information content (AvgIpc) is 3.14. The number of rotatable bonds is 14. The molecule has 6 rings (SSSR count). The topological polar surface area (TPSA) is 34.1 Å². The van der Waals surface area contributed by atoms with Crippen molar-refractivity contribution in [1.82, 2.24) is 0 Å². The van der Waals surface area contributed by atoms with Gasteiger partial charge in [0.2, 0.25) is 0 Å². The van der Waals surface area contributed by atoms with Crippen LogP contribution in [0.15, 0.2) is 182 Å². The van der Waals surface area contributed by atoms with Crippen LogP contribution in [-0.2, 0) is 68.5 Å². The van der Waals surface area contributed by atoms with Gasteiger partial charge in [0.05, 0.1) is 0 Å². The van der Waals surface area contributed by atoms with Gasteiger partial charge >= 0.3 is 0 Å². The summed E-state index contributed by atoms with van der Waals surface area (Å²) < 4.78 is 0. The van der Waals surface area contributed by atoms with Gasteiger partial charge in [-0.05, 0) is 85.8 Å². The van der Waals surface area contributed by atoms with Crippen LogP contribution in [0.25, 0.3) is 0 Å². The van der Waals surface area contributed by atoms with Crippen LogP contribution < -0.4 is 0 Å². The van der Waals surface area contributed by atoms with Gasteiger partial charge in [-0.15, -0.1) is 0 Å². The van der Waals surface area contributed by atoms with Crippen molar-refractivity contribution in [2.45, 2.75) is 52.4 Å². The molecule has 0 fully saturated rings. The van der Waals surface area contributed by atoms with Gasteiger partial charge in [-0.25, -0.2) is 0 Å². The number of hydrogen-bond acceptors (Lipinski definition) is 2. The number of carbonyl (C=O) groups is 2. The Labute approximate surface area is 318 Å². The van der Waals surface area contributed by atoms with Gasteiger partial charge < -0.3 is 0 Å². The van der Waals surface area contributed by atoms with E-state index in [4.69, 9.17) is 0 Å². The van der Waals surface area contributed by atoms with Crippen molar-refractivity contribution in [3.05, 3.63) is 215 Å². The summed E-state index contributed by atoms with van der Waals surface area (Å²) in [6.07, 6.45) is 4.54. The van der Waals surface area contributed by atoms with Gasteiger partial charge in [-0.3, -0.25) is 9.59 Å². The molecule has 2 nitrogen and oxygen atoms in total. The van der Waals surface area contributed by atoms with Crippen LogP contribution >= 0.6 is 0 Å². The fourth-order valence-electron chi connectivity index (χ4n) is 7.04. The molecule has 0 aromatic heterocycles. The molecular formula is C48H48O2Pd. The first-order chi connectivity index (χ1) is 24.4. The van der Waals surface area contributed by atoms with E-state index in [-0.39, 0.29) is 32.0 Å². The molecule has 6 aromatic rings. The van der Waals surface area contributed by atoms with E-state index < -0.39 is 10.8 Å². The summed E-state index contributed by atoms with van der Waals surface area (Å²) in [5.74, 6) is 0.508. The Morgan fingerprint density at radius 2 is 0.451 bits per heavy atom. The first-order valence-electron chi connectivity index (χ1n) is 17.6. The van der Waals surface area contributed by atoms with Crippen LogP contribution in [0.4, 0.5) is 0 Å². The van der Waals surface area contributed by atoms with Crippen LogP contribution in [0.5, 0.6) is 0 Å². The van der Waals surface area contributed by atoms with E-state index in [0.29, 0.717) is 0 Å². The molecule has 0 aliphatic carbocycles. The van der Waals surface area contributed by atoms with Gasteiger partial charge in [-0.1, -0.05) is 182 Å². The largest absolute Gasteiger partial charge is 0.299 e. The minimum absolute atomic E-state index is 0. The third-order valence-corrected chi connectivity index (χ3v) is 9.81. The van der Waals surface area contributed by atoms with Crippen molar-refractivity contribution in [2.24, 2.45) is 10.8 Å². The maximum atomic E-state index is 12.9. The van der Waals surface area contributed by atoms with Crippen molar-refractivity contribution in [2.75, 3.05) is 0 Å². The van der Waals surface area contributed by atoms with Gasteiger partial charge in [0.25, 0.3) is 0 Å². The molecule has 0 atom stereocenters. The molecule has 262 valence electrons. The first kappa shape index (κ1) is 39.1. The maximum absolute atomic E-state index is 12.9. The molecule has 0 heterocycles. The van der Waals surface area contributed by atoms with Gasteiger partial charge in [-0.2, -0.15) is 0 Å². The Morgan fingerprint density at radius 1 is 0.314 bits per heavy atom. The predicted molar refractivity (Wildman–Crippen MR) is 207 cm³/mol. The van der Waals surface area contributed by atoms with Crippen molar-refractivity contribution >= 4 is 11.6 Å². The summed E-state index contributed by atoms with van der Waals surface area (Å²) in [7, 11) is 0. The molecule has 0 amide bonds. The molecule has 0 spiro atoms. The molecule has 0 N–H and O–H groups in total. The summed E-state index contributed by atoms with van der Waals surface area (Å²) in [4.78, 5) is 25.8. The summed E-state index contributed by atoms with van der Waals surface area (Å²) in [5.41, 5.74) is 6.42. The number of benzene rings is 6. The Balaban J connectivity index is 0.000000224. The van der Waals surface area contributed by atoms with Gasteiger partial charge in [0, 0.05) is 31.3 Å². The zero-order valence-corrected chi connectivity index (χ0v) is 31.3. The van der Waals surface area contributed by atoms with Gasteiger partial charge in [0.15, 0.2) is 0 Å². The Hall–Kier alpha value is -4.68. The van der Waals surface area contributed by atoms with E-state index in [1.807, 2.05) is 109 Å². The Bertz CT molecular complexity index is 1530. The summed E-state index contributed by atoms with van der Waals surface area (Å²) >= 11 is 0. The third-order valence-electron chi connectivity index (χ3n) is 9.81. The number of carbonyl (C=O) groups excluding carboxylic acids is 2. The number of ketones is 2. The van der Waals surface area contributed by atoms with Crippen LogP contribution in [0, 0.1) is 10.8 Å². The SMILES string of the molecule is CC(=O)C(Cc1ccccc1)(Cc1ccccc1)Cc1ccccc1.CC(=O)C(Cc1ccccc1)(Cc1ccccc1)Cc1ccccc1.[Pd]. The van der Waals surface area contributed by atoms with Crippen LogP contribution in [0.3, 0.4) is 0 Å². The maximum Gasteiger partial charge on any atom is 0.136 e. The smallest absolute Gasteiger partial charge is 0.136 e. The Morgan fingerprint density at radius 3 is 0.569 bits per heavy atom. The fraction of sp³-hybridized carbons (Fsp3) is 0.208. The molecule has 0 aliphatic rings. The Kier molecular flexibility index (Phi) is 15.1. The minimum atomic E-state index is -0.427. The quantitative estimate of drug-likeness (QED) is 0.104. The molecule has 0 saturated heterocycles. The van der Waals surface area contributed by atoms with Crippen LogP contribution in [0.2, 0.25) is 0 Å². The average molecular weight is 763 g/mol. The van der Waals surface area contributed by atoms with Gasteiger partial charge in [0.1, 0.15) is 11.6 Å². The van der Waals surface area contributed by atoms with E-state index in [1.165, 1.54) is 33.4 Å². The molecular weight excluding hydrogens is 715 g/mol. The van der Waals surface area contributed by atoms with Crippen molar-refractivity contribution in [1.29, 1.82) is 0 Å². The number of hydrogen-bond donors (Lipinski definition) is 0. The molecule has 0 bridgehead atoms. The van der Waals surface area contributed by atoms with Crippen LogP contribution in [0.1, 0.15) is 47.2 Å². The fourth-order valence-corrected chi connectivity index (χ4v) is 7.04. The molecule has 0 saturated carbocycles. The second kappa shape index (κ2) is 19.6. The normalized spacial score (nSPS) is 11.0. The second-order valence-corrected chi connectivity index (χ2v) is 13.6. The molecule has 3 heteroatoms. The van der Waals surface area contributed by atoms with Crippen molar-refractivity contribution in [3.63, 3.8) is 0 Å². The molecule has 6 aromatic carbocycles. The second-order valence-electron chi connectivity index (χ2n) is 13.6. The summed E-state index contributed by atoms with van der Waals surface area (Å²) in [6.45, 7) is 3.49.